The first-order chi connectivity index (χ1) is 44.9. The van der Waals surface area contributed by atoms with Crippen molar-refractivity contribution in [3.8, 4) is 73.1 Å². The Morgan fingerprint density at radius 2 is 0.515 bits per heavy atom. The van der Waals surface area contributed by atoms with E-state index < -0.39 is 155 Å². The zero-order valence-electron chi connectivity index (χ0n) is 48.2. The number of nitrogens with zero attached hydrogens (tertiary/aromatic N) is 3. The molecule has 3 nitrogen and oxygen atoms in total. The van der Waals surface area contributed by atoms with Gasteiger partial charge in [0.15, 0.2) is 0 Å². The van der Waals surface area contributed by atoms with E-state index in [1.165, 1.54) is 55.5 Å². The molecule has 0 spiro atoms. The van der Waals surface area contributed by atoms with Gasteiger partial charge in [0, 0.05) is 27.1 Å². The summed E-state index contributed by atoms with van der Waals surface area (Å²) < 4.78 is 356. The highest BCUT2D eigenvalue weighted by molar-refractivity contribution is 6.14. The minimum absolute atomic E-state index is 0.00511. The Morgan fingerprint density at radius 3 is 0.784 bits per heavy atom. The molecular formula is C70H33F24N3. The largest absolute Gasteiger partial charge is 0.416 e. The van der Waals surface area contributed by atoms with E-state index in [1.54, 1.807) is 0 Å². The Labute approximate surface area is 528 Å². The molecule has 97 heavy (non-hydrogen) atoms. The van der Waals surface area contributed by atoms with Crippen LogP contribution in [0.1, 0.15) is 55.6 Å². The first-order valence-electron chi connectivity index (χ1n) is 28.0. The SMILES string of the molecule is Cc1cc(-c2ccc3c4ccc(-c5cc(C(F)(F)F)cc(C(F)(F)F)c5)cc4n(-c4cc(C(F)(F)F)cc(-n5c6cc(-c7cc(C(F)(F)F)cc(C(F)(F)F)c7)ccc6c6ccc(-c7cc(C(F)(F)F)cc(C(F)(F)F)c7)cc65)c4-c4cccc(C#N)c4)c3c2)cc(C(F)(F)F)c1. The Morgan fingerprint density at radius 1 is 0.258 bits per heavy atom. The smallest absolute Gasteiger partial charge is 0.308 e. The van der Waals surface area contributed by atoms with Crippen LogP contribution in [0.3, 0.4) is 0 Å². The molecule has 2 heterocycles. The van der Waals surface area contributed by atoms with Gasteiger partial charge in [-0.1, -0.05) is 66.7 Å². The second kappa shape index (κ2) is 22.6. The fourth-order valence-corrected chi connectivity index (χ4v) is 11.9. The van der Waals surface area contributed by atoms with E-state index >= 15 is 13.2 Å². The molecule has 0 fully saturated rings. The highest BCUT2D eigenvalue weighted by Gasteiger charge is 2.42. The molecule has 0 unspecified atom stereocenters. The number of halogens is 24. The minimum atomic E-state index is -5.57. The van der Waals surface area contributed by atoms with Gasteiger partial charge in [0.1, 0.15) is 0 Å². The summed E-state index contributed by atoms with van der Waals surface area (Å²) in [5.41, 5.74) is -21.9. The first-order valence-corrected chi connectivity index (χ1v) is 28.0. The molecule has 0 aliphatic rings. The molecule has 12 aromatic rings. The van der Waals surface area contributed by atoms with Gasteiger partial charge in [0.25, 0.3) is 0 Å². The fourth-order valence-electron chi connectivity index (χ4n) is 11.9. The monoisotopic (exact) mass is 1370 g/mol. The van der Waals surface area contributed by atoms with Gasteiger partial charge in [-0.3, -0.25) is 0 Å². The summed E-state index contributed by atoms with van der Waals surface area (Å²) in [5.74, 6) is 0. The van der Waals surface area contributed by atoms with Crippen LogP contribution >= 0.6 is 0 Å². The summed E-state index contributed by atoms with van der Waals surface area (Å²) in [7, 11) is 0. The normalized spacial score (nSPS) is 13.2. The van der Waals surface area contributed by atoms with Crippen LogP contribution in [0.25, 0.3) is 111 Å². The first kappa shape index (κ1) is 66.6. The number of hydrogen-bond donors (Lipinski definition) is 0. The van der Waals surface area contributed by atoms with E-state index in [2.05, 4.69) is 0 Å². The number of rotatable bonds is 7. The lowest BCUT2D eigenvalue weighted by Crippen LogP contribution is -2.12. The third-order valence-electron chi connectivity index (χ3n) is 16.2. The molecule has 0 saturated carbocycles. The van der Waals surface area contributed by atoms with Crippen molar-refractivity contribution in [2.24, 2.45) is 0 Å². The van der Waals surface area contributed by atoms with E-state index in [-0.39, 0.29) is 78.6 Å². The zero-order chi connectivity index (χ0) is 70.4. The minimum Gasteiger partial charge on any atom is -0.308 e. The number of fused-ring (bicyclic) bond motifs is 6. The Kier molecular flexibility index (Phi) is 15.5. The van der Waals surface area contributed by atoms with Gasteiger partial charge >= 0.3 is 49.4 Å². The Bertz CT molecular complexity index is 5020. The summed E-state index contributed by atoms with van der Waals surface area (Å²) in [4.78, 5) is 0. The molecule has 2 aromatic heterocycles. The number of benzene rings is 10. The topological polar surface area (TPSA) is 33.6 Å². The van der Waals surface area contributed by atoms with Crippen LogP contribution in [0.5, 0.6) is 0 Å². The summed E-state index contributed by atoms with van der Waals surface area (Å²) in [6.07, 6.45) is -43.2. The third-order valence-corrected chi connectivity index (χ3v) is 16.2. The van der Waals surface area contributed by atoms with E-state index in [4.69, 9.17) is 0 Å². The van der Waals surface area contributed by atoms with Crippen LogP contribution in [0, 0.1) is 18.3 Å². The van der Waals surface area contributed by atoms with Gasteiger partial charge in [0.05, 0.1) is 89.6 Å². The van der Waals surface area contributed by atoms with Crippen molar-refractivity contribution >= 4 is 43.6 Å². The van der Waals surface area contributed by atoms with E-state index in [9.17, 15) is 97.5 Å². The standard InChI is InChI=1S/C70H33F24N3/c1-33-13-40(16-44(14-33)63(71,72)73)35-5-9-52-53-10-6-36(41-17-45(64(74,75)76)27-46(18-41)65(77,78)79)24-57(53)96(56(52)23-35)60-30-51(70(92,93)94)31-61(62(60)39-4-2-3-34(15-39)32-95)97-58-25-37(42-19-47(66(80,81)82)28-48(20-42)67(83,84)85)7-11-54(58)55-12-8-38(26-59(55)97)43-21-49(68(86,87)88)29-50(22-43)69(89,90)91/h2-31H,1H3. The molecule has 0 saturated heterocycles. The van der Waals surface area contributed by atoms with Crippen molar-refractivity contribution < 1.29 is 105 Å². The van der Waals surface area contributed by atoms with Crippen molar-refractivity contribution in [2.75, 3.05) is 0 Å². The molecule has 0 N–H and O–H groups in total. The van der Waals surface area contributed by atoms with E-state index in [0.29, 0.717) is 48.5 Å². The second-order valence-electron chi connectivity index (χ2n) is 22.6. The van der Waals surface area contributed by atoms with Crippen molar-refractivity contribution in [2.45, 2.75) is 56.3 Å². The Balaban J connectivity index is 1.29. The lowest BCUT2D eigenvalue weighted by Gasteiger charge is -2.23. The van der Waals surface area contributed by atoms with Crippen LogP contribution < -0.4 is 0 Å². The average Bonchev–Trinajstić information content (AvgIpc) is 1.58. The maximum absolute atomic E-state index is 16.4. The summed E-state index contributed by atoms with van der Waals surface area (Å²) in [5, 5.41) is 10.0. The van der Waals surface area contributed by atoms with Gasteiger partial charge < -0.3 is 9.13 Å². The fraction of sp³-hybridized carbons (Fsp3) is 0.129. The molecular weight excluding hydrogens is 1340 g/mol. The summed E-state index contributed by atoms with van der Waals surface area (Å²) in [6.45, 7) is 1.30. The number of aromatic nitrogens is 2. The number of alkyl halides is 24. The van der Waals surface area contributed by atoms with Gasteiger partial charge in [-0.2, -0.15) is 111 Å². The number of aryl methyl sites for hydroxylation is 1. The van der Waals surface area contributed by atoms with Gasteiger partial charge in [-0.25, -0.2) is 0 Å². The molecule has 10 aromatic carbocycles. The Hall–Kier alpha value is -10.4. The van der Waals surface area contributed by atoms with Gasteiger partial charge in [0.2, 0.25) is 0 Å². The van der Waals surface area contributed by atoms with Crippen LogP contribution in [-0.4, -0.2) is 9.13 Å². The lowest BCUT2D eigenvalue weighted by molar-refractivity contribution is -0.144. The van der Waals surface area contributed by atoms with Gasteiger partial charge in [-0.15, -0.1) is 0 Å². The molecule has 496 valence electrons. The number of hydrogen-bond acceptors (Lipinski definition) is 1. The number of nitriles is 1. The van der Waals surface area contributed by atoms with E-state index in [1.807, 2.05) is 6.07 Å². The molecule has 0 radical (unpaired) electrons. The molecule has 12 rings (SSSR count). The van der Waals surface area contributed by atoms with Crippen molar-refractivity contribution in [1.29, 1.82) is 5.26 Å². The molecule has 0 aliphatic carbocycles. The van der Waals surface area contributed by atoms with Crippen molar-refractivity contribution in [3.63, 3.8) is 0 Å². The summed E-state index contributed by atoms with van der Waals surface area (Å²) in [6, 6.07) is 24.7. The molecule has 27 heteroatoms. The van der Waals surface area contributed by atoms with Crippen molar-refractivity contribution in [3.05, 3.63) is 238 Å². The maximum atomic E-state index is 16.4. The average molecular weight is 1370 g/mol. The van der Waals surface area contributed by atoms with Crippen LogP contribution in [0.2, 0.25) is 0 Å². The summed E-state index contributed by atoms with van der Waals surface area (Å²) >= 11 is 0. The van der Waals surface area contributed by atoms with Gasteiger partial charge in [-0.05, 0) is 178 Å². The van der Waals surface area contributed by atoms with Crippen LogP contribution in [0.4, 0.5) is 105 Å². The molecule has 0 atom stereocenters. The predicted octanol–water partition coefficient (Wildman–Crippen LogP) is 24.5. The molecule has 0 aliphatic heterocycles. The van der Waals surface area contributed by atoms with Crippen LogP contribution in [-0.2, 0) is 49.4 Å². The molecule has 0 bridgehead atoms. The quantitative estimate of drug-likeness (QED) is 0.146. The predicted molar refractivity (Wildman–Crippen MR) is 312 cm³/mol. The van der Waals surface area contributed by atoms with E-state index in [0.717, 1.165) is 75.9 Å². The zero-order valence-corrected chi connectivity index (χ0v) is 48.2. The maximum Gasteiger partial charge on any atom is 0.416 e. The highest BCUT2D eigenvalue weighted by Crippen LogP contribution is 2.50. The third kappa shape index (κ3) is 12.6. The highest BCUT2D eigenvalue weighted by atomic mass is 19.4. The molecule has 0 amide bonds. The second-order valence-corrected chi connectivity index (χ2v) is 22.6. The lowest BCUT2D eigenvalue weighted by atomic mass is 9.95. The van der Waals surface area contributed by atoms with Crippen LogP contribution in [0.15, 0.2) is 182 Å². The van der Waals surface area contributed by atoms with Crippen molar-refractivity contribution in [1.82, 2.24) is 9.13 Å².